The molecular weight excluding hydrogens is 388 g/mol. The van der Waals surface area contributed by atoms with Crippen LogP contribution in [-0.4, -0.2) is 26.1 Å². The minimum absolute atomic E-state index is 0.0208. The quantitative estimate of drug-likeness (QED) is 0.514. The molecule has 1 atom stereocenters. The number of hydrogen-bond acceptors (Lipinski definition) is 6. The Morgan fingerprint density at radius 2 is 1.94 bits per heavy atom. The van der Waals surface area contributed by atoms with Crippen molar-refractivity contribution in [2.45, 2.75) is 32.0 Å². The molecule has 2 aromatic carbocycles. The summed E-state index contributed by atoms with van der Waals surface area (Å²) in [4.78, 5) is 13.2. The van der Waals surface area contributed by atoms with Crippen molar-refractivity contribution in [3.8, 4) is 17.2 Å². The second-order valence-electron chi connectivity index (χ2n) is 7.61. The molecule has 3 heterocycles. The highest BCUT2D eigenvalue weighted by molar-refractivity contribution is 5.93. The number of ether oxygens (including phenoxy) is 1. The van der Waals surface area contributed by atoms with E-state index < -0.39 is 0 Å². The van der Waals surface area contributed by atoms with Crippen LogP contribution < -0.4 is 5.32 Å². The van der Waals surface area contributed by atoms with Gasteiger partial charge in [0.05, 0.1) is 35.3 Å². The van der Waals surface area contributed by atoms with E-state index in [1.807, 2.05) is 30.6 Å². The summed E-state index contributed by atoms with van der Waals surface area (Å²) in [5.41, 5.74) is 5.78. The highest BCUT2D eigenvalue weighted by Gasteiger charge is 2.20. The molecule has 0 spiro atoms. The molecule has 7 nitrogen and oxygen atoms in total. The fourth-order valence-electron chi connectivity index (χ4n) is 3.96. The van der Waals surface area contributed by atoms with Crippen molar-refractivity contribution >= 4 is 17.0 Å². The SMILES string of the molecule is N#Cc1cnc(NCc2cc(-c3ccccc3)c3ncn(C4CCCCO4)c3c2)nc1. The summed E-state index contributed by atoms with van der Waals surface area (Å²) in [5, 5.41) is 12.2. The predicted molar refractivity (Wildman–Crippen MR) is 118 cm³/mol. The molecule has 0 aliphatic carbocycles. The first kappa shape index (κ1) is 19.2. The van der Waals surface area contributed by atoms with Crippen molar-refractivity contribution in [3.63, 3.8) is 0 Å². The molecule has 4 aromatic rings. The number of fused-ring (bicyclic) bond motifs is 1. The molecule has 5 rings (SSSR count). The number of hydrogen-bond donors (Lipinski definition) is 1. The van der Waals surface area contributed by atoms with Gasteiger partial charge in [-0.15, -0.1) is 0 Å². The van der Waals surface area contributed by atoms with Crippen molar-refractivity contribution in [3.05, 3.63) is 72.3 Å². The summed E-state index contributed by atoms with van der Waals surface area (Å²) in [5.74, 6) is 0.490. The highest BCUT2D eigenvalue weighted by atomic mass is 16.5. The molecule has 0 radical (unpaired) electrons. The van der Waals surface area contributed by atoms with Gasteiger partial charge < -0.3 is 14.6 Å². The maximum Gasteiger partial charge on any atom is 0.222 e. The number of rotatable bonds is 5. The summed E-state index contributed by atoms with van der Waals surface area (Å²) in [6, 6.07) is 16.7. The van der Waals surface area contributed by atoms with Crippen molar-refractivity contribution < 1.29 is 4.74 Å². The van der Waals surface area contributed by atoms with Gasteiger partial charge in [-0.25, -0.2) is 15.0 Å². The van der Waals surface area contributed by atoms with Crippen molar-refractivity contribution in [2.75, 3.05) is 11.9 Å². The predicted octanol–water partition coefficient (Wildman–Crippen LogP) is 4.68. The lowest BCUT2D eigenvalue weighted by Crippen LogP contribution is -2.17. The van der Waals surface area contributed by atoms with E-state index in [1.165, 1.54) is 12.4 Å². The molecule has 1 aliphatic heterocycles. The molecule has 154 valence electrons. The molecule has 7 heteroatoms. The van der Waals surface area contributed by atoms with Crippen LogP contribution in [0.5, 0.6) is 0 Å². The second-order valence-corrected chi connectivity index (χ2v) is 7.61. The Morgan fingerprint density at radius 3 is 2.68 bits per heavy atom. The molecule has 0 bridgehead atoms. The van der Waals surface area contributed by atoms with E-state index in [0.717, 1.165) is 53.6 Å². The van der Waals surface area contributed by atoms with Gasteiger partial charge in [-0.1, -0.05) is 30.3 Å². The van der Waals surface area contributed by atoms with Gasteiger partial charge in [0.15, 0.2) is 0 Å². The Kier molecular flexibility index (Phi) is 5.29. The van der Waals surface area contributed by atoms with E-state index in [9.17, 15) is 0 Å². The van der Waals surface area contributed by atoms with Crippen LogP contribution in [-0.2, 0) is 11.3 Å². The molecule has 1 unspecified atom stereocenters. The van der Waals surface area contributed by atoms with Gasteiger partial charge in [0.1, 0.15) is 12.3 Å². The number of nitriles is 1. The van der Waals surface area contributed by atoms with E-state index in [-0.39, 0.29) is 6.23 Å². The third kappa shape index (κ3) is 3.98. The van der Waals surface area contributed by atoms with Crippen molar-refractivity contribution in [2.24, 2.45) is 0 Å². The molecule has 1 aliphatic rings. The smallest absolute Gasteiger partial charge is 0.222 e. The standard InChI is InChI=1S/C24H22N6O/c25-12-18-14-27-24(28-15-18)26-13-17-10-20(19-6-2-1-3-7-19)23-21(11-17)30(16-29-23)22-8-4-5-9-31-22/h1-3,6-7,10-11,14-16,22H,4-5,8-9,13H2,(H,26,27,28). The molecule has 2 aromatic heterocycles. The minimum Gasteiger partial charge on any atom is -0.358 e. The largest absolute Gasteiger partial charge is 0.358 e. The fraction of sp³-hybridized carbons (Fsp3) is 0.250. The van der Waals surface area contributed by atoms with Gasteiger partial charge >= 0.3 is 0 Å². The van der Waals surface area contributed by atoms with Gasteiger partial charge in [-0.3, -0.25) is 0 Å². The number of nitrogens with one attached hydrogen (secondary N) is 1. The van der Waals surface area contributed by atoms with Crippen LogP contribution >= 0.6 is 0 Å². The zero-order valence-corrected chi connectivity index (χ0v) is 17.0. The summed E-state index contributed by atoms with van der Waals surface area (Å²) in [6.45, 7) is 1.34. The number of imidazole rings is 1. The zero-order valence-electron chi connectivity index (χ0n) is 17.0. The average molecular weight is 410 g/mol. The van der Waals surface area contributed by atoms with Gasteiger partial charge in [0, 0.05) is 18.7 Å². The Bertz CT molecular complexity index is 1220. The van der Waals surface area contributed by atoms with Crippen molar-refractivity contribution in [1.82, 2.24) is 19.5 Å². The Morgan fingerprint density at radius 1 is 1.10 bits per heavy atom. The highest BCUT2D eigenvalue weighted by Crippen LogP contribution is 2.33. The lowest BCUT2D eigenvalue weighted by atomic mass is 10.0. The topological polar surface area (TPSA) is 88.7 Å². The van der Waals surface area contributed by atoms with Crippen LogP contribution in [0.1, 0.15) is 36.6 Å². The molecule has 0 saturated carbocycles. The summed E-state index contributed by atoms with van der Waals surface area (Å²) in [7, 11) is 0. The molecule has 31 heavy (non-hydrogen) atoms. The van der Waals surface area contributed by atoms with Crippen LogP contribution in [0.4, 0.5) is 5.95 Å². The Balaban J connectivity index is 1.53. The number of aromatic nitrogens is 4. The van der Waals surface area contributed by atoms with E-state index in [2.05, 4.69) is 44.1 Å². The maximum absolute atomic E-state index is 8.92. The first-order valence-corrected chi connectivity index (χ1v) is 10.4. The summed E-state index contributed by atoms with van der Waals surface area (Å²) in [6.07, 6.45) is 8.22. The normalized spacial score (nSPS) is 16.2. The molecular formula is C24H22N6O. The van der Waals surface area contributed by atoms with Crippen LogP contribution in [0.3, 0.4) is 0 Å². The fourth-order valence-corrected chi connectivity index (χ4v) is 3.96. The summed E-state index contributed by atoms with van der Waals surface area (Å²) < 4.78 is 8.18. The number of nitrogens with zero attached hydrogens (tertiary/aromatic N) is 5. The van der Waals surface area contributed by atoms with Crippen molar-refractivity contribution in [1.29, 1.82) is 5.26 Å². The first-order valence-electron chi connectivity index (χ1n) is 10.4. The monoisotopic (exact) mass is 410 g/mol. The third-order valence-corrected chi connectivity index (χ3v) is 5.52. The summed E-state index contributed by atoms with van der Waals surface area (Å²) >= 11 is 0. The van der Waals surface area contributed by atoms with E-state index in [1.54, 1.807) is 0 Å². The Hall–Kier alpha value is -3.76. The van der Waals surface area contributed by atoms with Gasteiger partial charge in [0.25, 0.3) is 0 Å². The van der Waals surface area contributed by atoms with Gasteiger partial charge in [-0.05, 0) is 42.5 Å². The molecule has 1 saturated heterocycles. The van der Waals surface area contributed by atoms with Crippen LogP contribution in [0, 0.1) is 11.3 Å². The lowest BCUT2D eigenvalue weighted by molar-refractivity contribution is -0.0295. The number of anilines is 1. The third-order valence-electron chi connectivity index (χ3n) is 5.52. The first-order chi connectivity index (χ1) is 15.3. The lowest BCUT2D eigenvalue weighted by Gasteiger charge is -2.24. The van der Waals surface area contributed by atoms with Gasteiger partial charge in [0.2, 0.25) is 5.95 Å². The van der Waals surface area contributed by atoms with Crippen LogP contribution in [0.15, 0.2) is 61.2 Å². The van der Waals surface area contributed by atoms with E-state index >= 15 is 0 Å². The van der Waals surface area contributed by atoms with E-state index in [0.29, 0.717) is 18.1 Å². The second kappa shape index (κ2) is 8.54. The van der Waals surface area contributed by atoms with Gasteiger partial charge in [-0.2, -0.15) is 5.26 Å². The van der Waals surface area contributed by atoms with E-state index in [4.69, 9.17) is 15.0 Å². The molecule has 0 amide bonds. The Labute approximate surface area is 180 Å². The molecule has 1 fully saturated rings. The maximum atomic E-state index is 8.92. The average Bonchev–Trinajstić information content (AvgIpc) is 3.27. The zero-order chi connectivity index (χ0) is 21.0. The minimum atomic E-state index is 0.0208. The number of benzene rings is 2. The molecule has 1 N–H and O–H groups in total. The van der Waals surface area contributed by atoms with Crippen LogP contribution in [0.2, 0.25) is 0 Å². The van der Waals surface area contributed by atoms with Crippen LogP contribution in [0.25, 0.3) is 22.2 Å².